The molecule has 0 saturated carbocycles. The predicted octanol–water partition coefficient (Wildman–Crippen LogP) is 2.69. The molecule has 1 aromatic heterocycles. The van der Waals surface area contributed by atoms with Gasteiger partial charge < -0.3 is 10.1 Å². The van der Waals surface area contributed by atoms with Crippen LogP contribution in [0.15, 0.2) is 53.3 Å². The van der Waals surface area contributed by atoms with Gasteiger partial charge in [-0.25, -0.2) is 4.79 Å². The number of nitrogens with zero attached hydrogens (tertiary/aromatic N) is 2. The Hall–Kier alpha value is -2.41. The van der Waals surface area contributed by atoms with Crippen molar-refractivity contribution in [2.24, 2.45) is 0 Å². The van der Waals surface area contributed by atoms with Gasteiger partial charge in [-0.3, -0.25) is 14.7 Å². The van der Waals surface area contributed by atoms with Crippen LogP contribution in [0.25, 0.3) is 0 Å². The zero-order chi connectivity index (χ0) is 17.2. The maximum atomic E-state index is 12.7. The van der Waals surface area contributed by atoms with Crippen molar-refractivity contribution in [2.45, 2.75) is 12.5 Å². The van der Waals surface area contributed by atoms with E-state index in [1.807, 2.05) is 24.3 Å². The SMILES string of the molecule is C[C@]1(c2cccnc2)NC(=O)N(CCOc2cccc(Br)c2)C1=O. The molecule has 24 heavy (non-hydrogen) atoms. The number of imide groups is 1. The van der Waals surface area contributed by atoms with Crippen molar-refractivity contribution in [3.8, 4) is 5.75 Å². The molecule has 1 saturated heterocycles. The largest absolute Gasteiger partial charge is 0.492 e. The highest BCUT2D eigenvalue weighted by Crippen LogP contribution is 2.28. The van der Waals surface area contributed by atoms with E-state index >= 15 is 0 Å². The summed E-state index contributed by atoms with van der Waals surface area (Å²) >= 11 is 3.37. The lowest BCUT2D eigenvalue weighted by atomic mass is 9.94. The number of ether oxygens (including phenoxy) is 1. The topological polar surface area (TPSA) is 71.5 Å². The minimum Gasteiger partial charge on any atom is -0.492 e. The number of halogens is 1. The molecule has 2 heterocycles. The van der Waals surface area contributed by atoms with Crippen molar-refractivity contribution in [1.29, 1.82) is 0 Å². The predicted molar refractivity (Wildman–Crippen MR) is 91.5 cm³/mol. The number of hydrogen-bond acceptors (Lipinski definition) is 4. The van der Waals surface area contributed by atoms with Gasteiger partial charge in [-0.1, -0.05) is 28.1 Å². The summed E-state index contributed by atoms with van der Waals surface area (Å²) in [4.78, 5) is 30.1. The molecule has 0 aliphatic carbocycles. The first-order valence-electron chi connectivity index (χ1n) is 7.44. The monoisotopic (exact) mass is 389 g/mol. The molecule has 0 unspecified atom stereocenters. The van der Waals surface area contributed by atoms with Crippen molar-refractivity contribution in [3.05, 3.63) is 58.8 Å². The first-order valence-corrected chi connectivity index (χ1v) is 8.23. The fraction of sp³-hybridized carbons (Fsp3) is 0.235. The van der Waals surface area contributed by atoms with Gasteiger partial charge in [0.15, 0.2) is 0 Å². The lowest BCUT2D eigenvalue weighted by molar-refractivity contribution is -0.131. The summed E-state index contributed by atoms with van der Waals surface area (Å²) in [5.41, 5.74) is -0.444. The van der Waals surface area contributed by atoms with Crippen molar-refractivity contribution in [2.75, 3.05) is 13.2 Å². The molecule has 0 bridgehead atoms. The summed E-state index contributed by atoms with van der Waals surface area (Å²) in [5.74, 6) is 0.366. The van der Waals surface area contributed by atoms with Gasteiger partial charge in [-0.2, -0.15) is 0 Å². The zero-order valence-electron chi connectivity index (χ0n) is 13.0. The van der Waals surface area contributed by atoms with Crippen LogP contribution < -0.4 is 10.1 Å². The van der Waals surface area contributed by atoms with Gasteiger partial charge in [0.1, 0.15) is 17.9 Å². The Morgan fingerprint density at radius 2 is 2.12 bits per heavy atom. The second-order valence-electron chi connectivity index (χ2n) is 5.56. The number of hydrogen-bond donors (Lipinski definition) is 1. The molecular weight excluding hydrogens is 374 g/mol. The normalized spacial score (nSPS) is 20.2. The van der Waals surface area contributed by atoms with Gasteiger partial charge in [0.2, 0.25) is 0 Å². The lowest BCUT2D eigenvalue weighted by Crippen LogP contribution is -2.41. The van der Waals surface area contributed by atoms with Crippen molar-refractivity contribution in [3.63, 3.8) is 0 Å². The molecule has 1 atom stereocenters. The Balaban J connectivity index is 1.67. The van der Waals surface area contributed by atoms with Crippen LogP contribution in [0.3, 0.4) is 0 Å². The minimum absolute atomic E-state index is 0.174. The zero-order valence-corrected chi connectivity index (χ0v) is 14.6. The van der Waals surface area contributed by atoms with Crippen LogP contribution in [0.2, 0.25) is 0 Å². The van der Waals surface area contributed by atoms with E-state index in [2.05, 4.69) is 26.2 Å². The van der Waals surface area contributed by atoms with Gasteiger partial charge in [-0.05, 0) is 31.2 Å². The van der Waals surface area contributed by atoms with Gasteiger partial charge in [0, 0.05) is 22.4 Å². The number of nitrogens with one attached hydrogen (secondary N) is 1. The van der Waals surface area contributed by atoms with Crippen LogP contribution in [0.4, 0.5) is 4.79 Å². The maximum absolute atomic E-state index is 12.7. The third-order valence-corrected chi connectivity index (χ3v) is 4.39. The number of amides is 3. The Morgan fingerprint density at radius 1 is 1.29 bits per heavy atom. The van der Waals surface area contributed by atoms with Crippen molar-refractivity contribution >= 4 is 27.9 Å². The average molecular weight is 390 g/mol. The first kappa shape index (κ1) is 16.4. The summed E-state index contributed by atoms with van der Waals surface area (Å²) in [6.07, 6.45) is 3.21. The van der Waals surface area contributed by atoms with Crippen molar-refractivity contribution < 1.29 is 14.3 Å². The Kier molecular flexibility index (Phi) is 4.53. The molecular formula is C17H16BrN3O3. The fourth-order valence-electron chi connectivity index (χ4n) is 2.57. The molecule has 1 N–H and O–H groups in total. The highest BCUT2D eigenvalue weighted by atomic mass is 79.9. The molecule has 2 aromatic rings. The molecule has 1 aliphatic heterocycles. The van der Waals surface area contributed by atoms with Gasteiger partial charge in [0.05, 0.1) is 6.54 Å². The fourth-order valence-corrected chi connectivity index (χ4v) is 2.94. The second kappa shape index (κ2) is 6.60. The van der Waals surface area contributed by atoms with Crippen LogP contribution in [-0.2, 0) is 10.3 Å². The number of benzene rings is 1. The highest BCUT2D eigenvalue weighted by Gasteiger charge is 2.48. The molecule has 1 aromatic carbocycles. The van der Waals surface area contributed by atoms with E-state index in [1.54, 1.807) is 31.5 Å². The molecule has 6 nitrogen and oxygen atoms in total. The molecule has 124 valence electrons. The minimum atomic E-state index is -1.10. The van der Waals surface area contributed by atoms with Crippen LogP contribution >= 0.6 is 15.9 Å². The molecule has 3 amide bonds. The van der Waals surface area contributed by atoms with Crippen molar-refractivity contribution in [1.82, 2.24) is 15.2 Å². The third-order valence-electron chi connectivity index (χ3n) is 3.89. The molecule has 1 aliphatic rings. The van der Waals surface area contributed by atoms with Gasteiger partial charge >= 0.3 is 6.03 Å². The standard InChI is InChI=1S/C17H16BrN3O3/c1-17(12-4-3-7-19-11-12)15(22)21(16(23)20-17)8-9-24-14-6-2-5-13(18)10-14/h2-7,10-11H,8-9H2,1H3,(H,20,23)/t17-/m1/s1. The summed E-state index contributed by atoms with van der Waals surface area (Å²) in [5, 5.41) is 2.74. The maximum Gasteiger partial charge on any atom is 0.325 e. The van der Waals surface area contributed by atoms with E-state index in [1.165, 1.54) is 4.90 Å². The number of rotatable bonds is 5. The Bertz CT molecular complexity index is 769. The van der Waals surface area contributed by atoms with E-state index in [9.17, 15) is 9.59 Å². The van der Waals surface area contributed by atoms with E-state index < -0.39 is 11.6 Å². The van der Waals surface area contributed by atoms with Crippen LogP contribution in [0.5, 0.6) is 5.75 Å². The smallest absolute Gasteiger partial charge is 0.325 e. The number of pyridine rings is 1. The second-order valence-corrected chi connectivity index (χ2v) is 6.48. The van der Waals surface area contributed by atoms with Gasteiger partial charge in [-0.15, -0.1) is 0 Å². The Labute approximate surface area is 148 Å². The summed E-state index contributed by atoms with van der Waals surface area (Å²) in [6.45, 7) is 2.07. The van der Waals surface area contributed by atoms with Crippen LogP contribution in [0.1, 0.15) is 12.5 Å². The highest BCUT2D eigenvalue weighted by molar-refractivity contribution is 9.10. The molecule has 7 heteroatoms. The number of carbonyl (C=O) groups excluding carboxylic acids is 2. The quantitative estimate of drug-likeness (QED) is 0.797. The number of carbonyl (C=O) groups is 2. The Morgan fingerprint density at radius 3 is 2.83 bits per heavy atom. The van der Waals surface area contributed by atoms with E-state index in [4.69, 9.17) is 4.74 Å². The third kappa shape index (κ3) is 3.12. The molecule has 0 spiro atoms. The van der Waals surface area contributed by atoms with Crippen LogP contribution in [-0.4, -0.2) is 35.0 Å². The summed E-state index contributed by atoms with van der Waals surface area (Å²) in [7, 11) is 0. The van der Waals surface area contributed by atoms with Gasteiger partial charge in [0.25, 0.3) is 5.91 Å². The summed E-state index contributed by atoms with van der Waals surface area (Å²) < 4.78 is 6.51. The van der Waals surface area contributed by atoms with Crippen LogP contribution in [0, 0.1) is 0 Å². The van der Waals surface area contributed by atoms with E-state index in [-0.39, 0.29) is 19.1 Å². The number of urea groups is 1. The molecule has 0 radical (unpaired) electrons. The molecule has 1 fully saturated rings. The molecule has 3 rings (SSSR count). The summed E-state index contributed by atoms with van der Waals surface area (Å²) in [6, 6.07) is 10.5. The van der Waals surface area contributed by atoms with E-state index in [0.29, 0.717) is 11.3 Å². The number of aromatic nitrogens is 1. The average Bonchev–Trinajstić information content (AvgIpc) is 2.80. The first-order chi connectivity index (χ1) is 11.5. The lowest BCUT2D eigenvalue weighted by Gasteiger charge is -2.21. The van der Waals surface area contributed by atoms with E-state index in [0.717, 1.165) is 4.47 Å².